The van der Waals surface area contributed by atoms with Crippen LogP contribution in [0.2, 0.25) is 0 Å². The van der Waals surface area contributed by atoms with Crippen LogP contribution in [0.5, 0.6) is 0 Å². The summed E-state index contributed by atoms with van der Waals surface area (Å²) in [6.45, 7) is 11.1. The van der Waals surface area contributed by atoms with Crippen molar-refractivity contribution in [3.63, 3.8) is 0 Å². The van der Waals surface area contributed by atoms with Crippen LogP contribution in [-0.2, 0) is 0 Å². The number of nitrogens with one attached hydrogen (secondary N) is 1. The van der Waals surface area contributed by atoms with E-state index >= 15 is 0 Å². The highest BCUT2D eigenvalue weighted by atomic mass is 15.2. The second kappa shape index (κ2) is 6.19. The lowest BCUT2D eigenvalue weighted by molar-refractivity contribution is 0.0912. The molecule has 0 radical (unpaired) electrons. The maximum atomic E-state index is 3.68. The highest BCUT2D eigenvalue weighted by Gasteiger charge is 2.26. The van der Waals surface area contributed by atoms with E-state index in [4.69, 9.17) is 0 Å². The van der Waals surface area contributed by atoms with Gasteiger partial charge in [-0.25, -0.2) is 0 Å². The molecule has 0 spiro atoms. The van der Waals surface area contributed by atoms with Crippen molar-refractivity contribution < 1.29 is 0 Å². The molecule has 0 bridgehead atoms. The zero-order valence-corrected chi connectivity index (χ0v) is 11.9. The van der Waals surface area contributed by atoms with Crippen LogP contribution in [0.15, 0.2) is 0 Å². The topological polar surface area (TPSA) is 15.3 Å². The maximum absolute atomic E-state index is 3.68. The lowest BCUT2D eigenvalue weighted by Crippen LogP contribution is -2.47. The molecule has 2 nitrogen and oxygen atoms in total. The molecular weight excluding hydrogens is 208 g/mol. The number of nitrogens with zero attached hydrogens (tertiary/aromatic N) is 1. The summed E-state index contributed by atoms with van der Waals surface area (Å²) in [5.41, 5.74) is 0. The lowest BCUT2D eigenvalue weighted by Gasteiger charge is -2.40. The van der Waals surface area contributed by atoms with Crippen LogP contribution in [0, 0.1) is 11.8 Å². The molecule has 0 saturated carbocycles. The first kappa shape index (κ1) is 13.4. The number of likely N-dealkylation sites (tertiary alicyclic amines) is 1. The van der Waals surface area contributed by atoms with E-state index in [9.17, 15) is 0 Å². The number of rotatable bonds is 3. The molecule has 17 heavy (non-hydrogen) atoms. The smallest absolute Gasteiger partial charge is 0.00819 e. The quantitative estimate of drug-likeness (QED) is 0.813. The Bertz CT molecular complexity index is 213. The van der Waals surface area contributed by atoms with Gasteiger partial charge in [-0.2, -0.15) is 0 Å². The molecule has 2 rings (SSSR count). The van der Waals surface area contributed by atoms with E-state index < -0.39 is 0 Å². The molecule has 0 amide bonds. The molecule has 4 unspecified atom stereocenters. The summed E-state index contributed by atoms with van der Waals surface area (Å²) in [4.78, 5) is 2.73. The highest BCUT2D eigenvalue weighted by Crippen LogP contribution is 2.24. The summed E-state index contributed by atoms with van der Waals surface area (Å²) in [5, 5.41) is 3.68. The van der Waals surface area contributed by atoms with Gasteiger partial charge in [0.2, 0.25) is 0 Å². The van der Waals surface area contributed by atoms with Gasteiger partial charge in [-0.3, -0.25) is 0 Å². The summed E-state index contributed by atoms with van der Waals surface area (Å²) in [7, 11) is 0. The van der Waals surface area contributed by atoms with E-state index in [1.807, 2.05) is 0 Å². The first-order valence-electron chi connectivity index (χ1n) is 7.62. The summed E-state index contributed by atoms with van der Waals surface area (Å²) in [6, 6.07) is 1.54. The third-order valence-electron chi connectivity index (χ3n) is 4.56. The van der Waals surface area contributed by atoms with Gasteiger partial charge in [0, 0.05) is 25.2 Å². The van der Waals surface area contributed by atoms with Crippen molar-refractivity contribution in [1.29, 1.82) is 0 Å². The average molecular weight is 238 g/mol. The normalized spacial score (nSPS) is 37.9. The van der Waals surface area contributed by atoms with Gasteiger partial charge in [0.05, 0.1) is 0 Å². The van der Waals surface area contributed by atoms with Crippen LogP contribution in [0.25, 0.3) is 0 Å². The van der Waals surface area contributed by atoms with E-state index in [0.717, 1.165) is 23.9 Å². The van der Waals surface area contributed by atoms with E-state index in [-0.39, 0.29) is 0 Å². The Morgan fingerprint density at radius 3 is 2.47 bits per heavy atom. The fourth-order valence-corrected chi connectivity index (χ4v) is 3.76. The molecule has 0 aromatic rings. The van der Waals surface area contributed by atoms with Crippen molar-refractivity contribution in [2.45, 2.75) is 65.0 Å². The monoisotopic (exact) mass is 238 g/mol. The number of hydrogen-bond acceptors (Lipinski definition) is 2. The van der Waals surface area contributed by atoms with Crippen LogP contribution in [0.4, 0.5) is 0 Å². The van der Waals surface area contributed by atoms with Crippen LogP contribution in [0.3, 0.4) is 0 Å². The summed E-state index contributed by atoms with van der Waals surface area (Å²) in [5.74, 6) is 1.78. The van der Waals surface area contributed by atoms with Gasteiger partial charge < -0.3 is 10.2 Å². The zero-order valence-electron chi connectivity index (χ0n) is 11.9. The van der Waals surface area contributed by atoms with Crippen molar-refractivity contribution in [3.05, 3.63) is 0 Å². The predicted octanol–water partition coefficient (Wildman–Crippen LogP) is 2.89. The zero-order chi connectivity index (χ0) is 12.3. The van der Waals surface area contributed by atoms with E-state index in [1.165, 1.54) is 51.7 Å². The van der Waals surface area contributed by atoms with E-state index in [1.54, 1.807) is 0 Å². The van der Waals surface area contributed by atoms with Gasteiger partial charge in [0.25, 0.3) is 0 Å². The van der Waals surface area contributed by atoms with Crippen LogP contribution < -0.4 is 5.32 Å². The Morgan fingerprint density at radius 2 is 1.88 bits per heavy atom. The van der Waals surface area contributed by atoms with Gasteiger partial charge in [-0.1, -0.05) is 20.3 Å². The van der Waals surface area contributed by atoms with Crippen LogP contribution >= 0.6 is 0 Å². The largest absolute Gasteiger partial charge is 0.314 e. The minimum Gasteiger partial charge on any atom is -0.314 e. The lowest BCUT2D eigenvalue weighted by atomic mass is 9.89. The molecule has 0 aliphatic carbocycles. The third-order valence-corrected chi connectivity index (χ3v) is 4.56. The summed E-state index contributed by atoms with van der Waals surface area (Å²) in [6.07, 6.45) is 6.97. The summed E-state index contributed by atoms with van der Waals surface area (Å²) < 4.78 is 0. The predicted molar refractivity (Wildman–Crippen MR) is 74.2 cm³/mol. The molecule has 0 aromatic carbocycles. The minimum absolute atomic E-state index is 0.760. The van der Waals surface area contributed by atoms with E-state index in [0.29, 0.717) is 0 Å². The Morgan fingerprint density at radius 1 is 1.18 bits per heavy atom. The first-order chi connectivity index (χ1) is 8.15. The molecule has 2 fully saturated rings. The van der Waals surface area contributed by atoms with Gasteiger partial charge in [0.15, 0.2) is 0 Å². The fourth-order valence-electron chi connectivity index (χ4n) is 3.76. The van der Waals surface area contributed by atoms with Crippen LogP contribution in [0.1, 0.15) is 52.9 Å². The van der Waals surface area contributed by atoms with Crippen molar-refractivity contribution >= 4 is 0 Å². The number of hydrogen-bond donors (Lipinski definition) is 1. The third kappa shape index (κ3) is 3.96. The molecule has 2 aliphatic rings. The van der Waals surface area contributed by atoms with E-state index in [2.05, 4.69) is 31.0 Å². The molecule has 2 heteroatoms. The van der Waals surface area contributed by atoms with Crippen molar-refractivity contribution in [3.8, 4) is 0 Å². The SMILES string of the molecule is CC1CC(C)CN(C(C)CC2CCCCN2)C1. The van der Waals surface area contributed by atoms with Crippen molar-refractivity contribution in [1.82, 2.24) is 10.2 Å². The molecule has 2 heterocycles. The first-order valence-corrected chi connectivity index (χ1v) is 7.62. The van der Waals surface area contributed by atoms with Crippen molar-refractivity contribution in [2.24, 2.45) is 11.8 Å². The standard InChI is InChI=1S/C15H30N2/c1-12-8-13(2)11-17(10-12)14(3)9-15-6-4-5-7-16-15/h12-16H,4-11H2,1-3H3. The molecular formula is C15H30N2. The molecule has 2 aliphatic heterocycles. The Balaban J connectivity index is 1.79. The Hall–Kier alpha value is -0.0800. The minimum atomic E-state index is 0.760. The van der Waals surface area contributed by atoms with Gasteiger partial charge in [-0.05, 0) is 51.0 Å². The molecule has 1 N–H and O–H groups in total. The fraction of sp³-hybridized carbons (Fsp3) is 1.00. The second-order valence-electron chi connectivity index (χ2n) is 6.63. The Labute approximate surface area is 107 Å². The van der Waals surface area contributed by atoms with Gasteiger partial charge in [-0.15, -0.1) is 0 Å². The Kier molecular flexibility index (Phi) is 4.87. The van der Waals surface area contributed by atoms with Gasteiger partial charge in [0.1, 0.15) is 0 Å². The van der Waals surface area contributed by atoms with Crippen LogP contribution in [-0.4, -0.2) is 36.6 Å². The molecule has 100 valence electrons. The van der Waals surface area contributed by atoms with Crippen molar-refractivity contribution in [2.75, 3.05) is 19.6 Å². The second-order valence-corrected chi connectivity index (χ2v) is 6.63. The van der Waals surface area contributed by atoms with Gasteiger partial charge >= 0.3 is 0 Å². The molecule has 4 atom stereocenters. The highest BCUT2D eigenvalue weighted by molar-refractivity contribution is 4.83. The molecule has 0 aromatic heterocycles. The number of piperidine rings is 2. The molecule has 2 saturated heterocycles. The maximum Gasteiger partial charge on any atom is 0.00819 e. The average Bonchev–Trinajstić information content (AvgIpc) is 2.29. The summed E-state index contributed by atoms with van der Waals surface area (Å²) >= 11 is 0.